The molecule has 3 saturated carbocycles. The zero-order valence-electron chi connectivity index (χ0n) is 26.5. The van der Waals surface area contributed by atoms with Crippen LogP contribution in [0.4, 0.5) is 4.39 Å². The second kappa shape index (κ2) is 10.7. The number of allylic oxidation sites excluding steroid dienone is 1. The highest BCUT2D eigenvalue weighted by Gasteiger charge is 2.77. The summed E-state index contributed by atoms with van der Waals surface area (Å²) in [6.07, 6.45) is 6.94. The van der Waals surface area contributed by atoms with E-state index < -0.39 is 64.4 Å². The zero-order chi connectivity index (χ0) is 32.5. The number of esters is 2. The first-order valence-corrected chi connectivity index (χ1v) is 16.0. The van der Waals surface area contributed by atoms with Gasteiger partial charge in [0.05, 0.1) is 36.1 Å². The highest BCUT2D eigenvalue weighted by atomic mass is 19.1. The van der Waals surface area contributed by atoms with Crippen LogP contribution in [0.15, 0.2) is 30.2 Å². The van der Waals surface area contributed by atoms with E-state index in [4.69, 9.17) is 9.47 Å². The second-order valence-electron chi connectivity index (χ2n) is 13.8. The van der Waals surface area contributed by atoms with Crippen molar-refractivity contribution in [1.29, 1.82) is 0 Å². The van der Waals surface area contributed by atoms with Gasteiger partial charge in [0.25, 0.3) is 0 Å². The summed E-state index contributed by atoms with van der Waals surface area (Å²) in [5, 5.41) is 26.5. The molecule has 0 saturated heterocycles. The van der Waals surface area contributed by atoms with Crippen LogP contribution < -0.4 is 0 Å². The fraction of sp³-hybridized carbons (Fsp3) is 0.618. The molecule has 0 aromatic carbocycles. The molecule has 2 heterocycles. The number of aromatic hydroxyl groups is 1. The van der Waals surface area contributed by atoms with Crippen molar-refractivity contribution in [2.75, 3.05) is 6.61 Å². The summed E-state index contributed by atoms with van der Waals surface area (Å²) in [6, 6.07) is 1.56. The molecule has 4 aliphatic rings. The molecule has 2 aromatic heterocycles. The molecule has 8 atom stereocenters. The van der Waals surface area contributed by atoms with E-state index in [0.29, 0.717) is 31.4 Å². The Morgan fingerprint density at radius 3 is 2.53 bits per heavy atom. The molecule has 2 N–H and O–H groups in total. The SMILES string of the molecule is CCC(=O)OCC(=O)[C@]1(OC(=O)CC)[C@@H](C)C[C@H]2[C@@H]3CCC4=Cc5c(cnn5-c5cncc(O)c5)C[C@]4(C)[C@@]3(F)[C@@H](O)C[C@@]21C. The molecule has 6 rings (SSSR count). The molecule has 242 valence electrons. The van der Waals surface area contributed by atoms with Crippen molar-refractivity contribution in [2.45, 2.75) is 96.9 Å². The van der Waals surface area contributed by atoms with Gasteiger partial charge in [-0.05, 0) is 49.7 Å². The normalized spacial score (nSPS) is 36.6. The van der Waals surface area contributed by atoms with Crippen molar-refractivity contribution in [3.05, 3.63) is 41.5 Å². The lowest BCUT2D eigenvalue weighted by Gasteiger charge is -2.63. The van der Waals surface area contributed by atoms with E-state index in [9.17, 15) is 24.6 Å². The van der Waals surface area contributed by atoms with E-state index in [1.54, 1.807) is 37.0 Å². The Morgan fingerprint density at radius 2 is 1.84 bits per heavy atom. The van der Waals surface area contributed by atoms with Gasteiger partial charge in [-0.2, -0.15) is 5.10 Å². The number of aliphatic hydroxyl groups excluding tert-OH is 1. The molecule has 0 spiro atoms. The highest BCUT2D eigenvalue weighted by molar-refractivity contribution is 5.93. The molecule has 45 heavy (non-hydrogen) atoms. The largest absolute Gasteiger partial charge is 0.506 e. The number of halogens is 1. The van der Waals surface area contributed by atoms with Gasteiger partial charge >= 0.3 is 11.9 Å². The molecule has 10 nitrogen and oxygen atoms in total. The Balaban J connectivity index is 1.39. The van der Waals surface area contributed by atoms with Gasteiger partial charge in [0.1, 0.15) is 11.4 Å². The molecule has 0 amide bonds. The smallest absolute Gasteiger partial charge is 0.306 e. The quantitative estimate of drug-likeness (QED) is 0.421. The number of carbonyl (C=O) groups excluding carboxylic acids is 3. The minimum absolute atomic E-state index is 0.00939. The van der Waals surface area contributed by atoms with E-state index in [2.05, 4.69) is 10.1 Å². The van der Waals surface area contributed by atoms with E-state index in [0.717, 1.165) is 16.8 Å². The summed E-state index contributed by atoms with van der Waals surface area (Å²) in [5.74, 6) is -3.10. The van der Waals surface area contributed by atoms with E-state index in [-0.39, 0.29) is 30.9 Å². The molecular formula is C34H42FN3O7. The number of hydrogen-bond acceptors (Lipinski definition) is 9. The number of alkyl halides is 1. The highest BCUT2D eigenvalue weighted by Crippen LogP contribution is 2.72. The fourth-order valence-electron chi connectivity index (χ4n) is 9.59. The Labute approximate surface area is 262 Å². The van der Waals surface area contributed by atoms with Crippen molar-refractivity contribution < 1.29 is 38.5 Å². The van der Waals surface area contributed by atoms with Crippen LogP contribution in [0.25, 0.3) is 11.8 Å². The number of hydrogen-bond donors (Lipinski definition) is 2. The van der Waals surface area contributed by atoms with Crippen molar-refractivity contribution >= 4 is 23.8 Å². The Hall–Kier alpha value is -3.60. The summed E-state index contributed by atoms with van der Waals surface area (Å²) in [5.41, 5.74) is -2.77. The molecule has 3 fully saturated rings. The predicted octanol–water partition coefficient (Wildman–Crippen LogP) is 4.68. The summed E-state index contributed by atoms with van der Waals surface area (Å²) < 4.78 is 31.2. The van der Waals surface area contributed by atoms with Crippen LogP contribution in [-0.4, -0.2) is 66.7 Å². The number of fused-ring (bicyclic) bond motifs is 6. The van der Waals surface area contributed by atoms with Gasteiger partial charge in [-0.1, -0.05) is 40.2 Å². The Bertz CT molecular complexity index is 1590. The first-order chi connectivity index (χ1) is 21.3. The maximum Gasteiger partial charge on any atom is 0.306 e. The summed E-state index contributed by atoms with van der Waals surface area (Å²) in [4.78, 5) is 43.0. The van der Waals surface area contributed by atoms with Crippen LogP contribution in [0.2, 0.25) is 0 Å². The molecular weight excluding hydrogens is 581 g/mol. The van der Waals surface area contributed by atoms with Gasteiger partial charge in [0.2, 0.25) is 5.78 Å². The lowest BCUT2D eigenvalue weighted by Crippen LogP contribution is -2.70. The third-order valence-corrected chi connectivity index (χ3v) is 11.7. The number of aliphatic hydroxyl groups is 1. The van der Waals surface area contributed by atoms with Gasteiger partial charge in [-0.3, -0.25) is 19.4 Å². The third kappa shape index (κ3) is 4.25. The van der Waals surface area contributed by atoms with Crippen LogP contribution in [0.1, 0.15) is 84.4 Å². The topological polar surface area (TPSA) is 141 Å². The number of carbonyl (C=O) groups is 3. The third-order valence-electron chi connectivity index (χ3n) is 11.7. The van der Waals surface area contributed by atoms with Crippen molar-refractivity contribution in [3.8, 4) is 11.4 Å². The van der Waals surface area contributed by atoms with E-state index in [1.165, 1.54) is 6.20 Å². The van der Waals surface area contributed by atoms with E-state index in [1.807, 2.05) is 26.8 Å². The minimum atomic E-state index is -2.03. The van der Waals surface area contributed by atoms with Crippen LogP contribution >= 0.6 is 0 Å². The Kier molecular flexibility index (Phi) is 7.49. The minimum Gasteiger partial charge on any atom is -0.506 e. The average Bonchev–Trinajstić information content (AvgIpc) is 3.50. The van der Waals surface area contributed by atoms with Crippen LogP contribution in [0.3, 0.4) is 0 Å². The zero-order valence-corrected chi connectivity index (χ0v) is 26.5. The van der Waals surface area contributed by atoms with Crippen LogP contribution in [0, 0.1) is 28.6 Å². The molecule has 0 aliphatic heterocycles. The van der Waals surface area contributed by atoms with Gasteiger partial charge in [-0.15, -0.1) is 0 Å². The molecule has 0 radical (unpaired) electrons. The van der Waals surface area contributed by atoms with Crippen LogP contribution in [0.5, 0.6) is 5.75 Å². The number of nitrogens with zero attached hydrogens (tertiary/aromatic N) is 3. The van der Waals surface area contributed by atoms with Gasteiger partial charge in [0.15, 0.2) is 12.2 Å². The standard InChI is InChI=1S/C34H42FN3O7/c1-6-29(42)44-18-28(41)34(45-30(43)7-2)19(3)10-25-24-9-8-21-11-26-20(15-37-38(26)22-12-23(39)17-36-16-22)13-31(21,4)33(24,35)27(40)14-32(25,34)5/h11-12,15-17,19,24-25,27,39-40H,6-10,13-14,18H2,1-5H3/t19-,24-,25-,27-,31-,32-,33-,34+/m0/s1. The molecule has 11 heteroatoms. The number of pyridine rings is 1. The molecule has 0 bridgehead atoms. The van der Waals surface area contributed by atoms with E-state index >= 15 is 4.39 Å². The summed E-state index contributed by atoms with van der Waals surface area (Å²) >= 11 is 0. The van der Waals surface area contributed by atoms with Crippen molar-refractivity contribution in [1.82, 2.24) is 14.8 Å². The average molecular weight is 624 g/mol. The predicted molar refractivity (Wildman–Crippen MR) is 161 cm³/mol. The summed E-state index contributed by atoms with van der Waals surface area (Å²) in [6.45, 7) is 8.28. The first-order valence-electron chi connectivity index (χ1n) is 16.0. The second-order valence-corrected chi connectivity index (χ2v) is 13.8. The number of aromatic nitrogens is 3. The first kappa shape index (κ1) is 31.4. The lowest BCUT2D eigenvalue weighted by atomic mass is 9.43. The number of Topliss-reactive ketones (excluding diaryl/α,β-unsaturated/α-hetero) is 1. The van der Waals surface area contributed by atoms with Crippen molar-refractivity contribution in [2.24, 2.45) is 28.6 Å². The monoisotopic (exact) mass is 623 g/mol. The maximum atomic E-state index is 18.2. The van der Waals surface area contributed by atoms with Gasteiger partial charge in [0, 0.05) is 41.6 Å². The lowest BCUT2D eigenvalue weighted by molar-refractivity contribution is -0.234. The maximum absolute atomic E-state index is 18.2. The Morgan fingerprint density at radius 1 is 1.11 bits per heavy atom. The molecule has 2 aromatic rings. The molecule has 4 aliphatic carbocycles. The number of ketones is 1. The van der Waals surface area contributed by atoms with Crippen LogP contribution in [-0.2, 0) is 30.3 Å². The van der Waals surface area contributed by atoms with Gasteiger partial charge < -0.3 is 19.7 Å². The van der Waals surface area contributed by atoms with Gasteiger partial charge in [-0.25, -0.2) is 9.07 Å². The fourth-order valence-corrected chi connectivity index (χ4v) is 9.59. The number of ether oxygens (including phenoxy) is 2. The summed E-state index contributed by atoms with van der Waals surface area (Å²) in [7, 11) is 0. The van der Waals surface area contributed by atoms with Crippen molar-refractivity contribution in [3.63, 3.8) is 0 Å². The number of rotatable bonds is 7. The molecule has 0 unspecified atom stereocenters.